The van der Waals surface area contributed by atoms with Gasteiger partial charge in [0.25, 0.3) is 0 Å². The first-order valence-electron chi connectivity index (χ1n) is 8.30. The molecule has 0 saturated carbocycles. The Hall–Kier alpha value is -1.55. The van der Waals surface area contributed by atoms with Crippen LogP contribution in [0.15, 0.2) is 12.1 Å². The lowest BCUT2D eigenvalue weighted by Gasteiger charge is -2.24. The fourth-order valence-electron chi connectivity index (χ4n) is 2.47. The standard InChI is InChI=1S/C19H32N2O2/c1-12-9-14(3)17(10-13(12)2)16(5)20-11-15(4)21-18(22)23-19(6,7)8/h9-10,15-16,20H,11H2,1-8H3,(H,21,22). The molecule has 0 saturated heterocycles. The molecule has 0 aliphatic heterocycles. The lowest BCUT2D eigenvalue weighted by atomic mass is 9.96. The highest BCUT2D eigenvalue weighted by Crippen LogP contribution is 2.21. The summed E-state index contributed by atoms with van der Waals surface area (Å²) >= 11 is 0. The molecule has 1 amide bonds. The van der Waals surface area contributed by atoms with E-state index in [1.807, 2.05) is 27.7 Å². The number of hydrogen-bond donors (Lipinski definition) is 2. The van der Waals surface area contributed by atoms with Crippen molar-refractivity contribution in [2.45, 2.75) is 73.1 Å². The summed E-state index contributed by atoms with van der Waals surface area (Å²) in [5.74, 6) is 0. The highest BCUT2D eigenvalue weighted by molar-refractivity contribution is 5.68. The molecule has 0 radical (unpaired) electrons. The highest BCUT2D eigenvalue weighted by Gasteiger charge is 2.18. The zero-order valence-corrected chi connectivity index (χ0v) is 15.8. The molecule has 1 rings (SSSR count). The molecular formula is C19H32N2O2. The molecule has 0 aromatic heterocycles. The number of amides is 1. The van der Waals surface area contributed by atoms with Crippen LogP contribution >= 0.6 is 0 Å². The van der Waals surface area contributed by atoms with Crippen LogP contribution in [0, 0.1) is 20.8 Å². The van der Waals surface area contributed by atoms with Crippen molar-refractivity contribution in [2.24, 2.45) is 0 Å². The van der Waals surface area contributed by atoms with Crippen molar-refractivity contribution in [1.82, 2.24) is 10.6 Å². The summed E-state index contributed by atoms with van der Waals surface area (Å²) in [6.07, 6.45) is -0.373. The number of ether oxygens (including phenoxy) is 1. The van der Waals surface area contributed by atoms with Crippen LogP contribution in [0.3, 0.4) is 0 Å². The van der Waals surface area contributed by atoms with Crippen LogP contribution in [0.25, 0.3) is 0 Å². The third-order valence-electron chi connectivity index (χ3n) is 3.84. The Morgan fingerprint density at radius 1 is 1.09 bits per heavy atom. The molecular weight excluding hydrogens is 288 g/mol. The largest absolute Gasteiger partial charge is 0.444 e. The monoisotopic (exact) mass is 320 g/mol. The first kappa shape index (κ1) is 19.5. The second-order valence-electron chi connectivity index (χ2n) is 7.47. The van der Waals surface area contributed by atoms with Crippen molar-refractivity contribution < 1.29 is 9.53 Å². The third-order valence-corrected chi connectivity index (χ3v) is 3.84. The Kier molecular flexibility index (Phi) is 6.63. The summed E-state index contributed by atoms with van der Waals surface area (Å²) in [4.78, 5) is 11.8. The van der Waals surface area contributed by atoms with Crippen LogP contribution in [-0.2, 0) is 4.74 Å². The Bertz CT molecular complexity index is 547. The minimum absolute atomic E-state index is 0.000786. The van der Waals surface area contributed by atoms with Gasteiger partial charge in [-0.25, -0.2) is 4.79 Å². The van der Waals surface area contributed by atoms with E-state index in [1.54, 1.807) is 0 Å². The molecule has 0 bridgehead atoms. The molecule has 2 N–H and O–H groups in total. The quantitative estimate of drug-likeness (QED) is 0.856. The lowest BCUT2D eigenvalue weighted by Crippen LogP contribution is -2.43. The zero-order chi connectivity index (χ0) is 17.8. The third kappa shape index (κ3) is 6.61. The second kappa shape index (κ2) is 7.82. The Morgan fingerprint density at radius 2 is 1.65 bits per heavy atom. The number of carbonyl (C=O) groups is 1. The van der Waals surface area contributed by atoms with Gasteiger partial charge in [0.15, 0.2) is 0 Å². The topological polar surface area (TPSA) is 50.4 Å². The van der Waals surface area contributed by atoms with E-state index in [4.69, 9.17) is 4.74 Å². The van der Waals surface area contributed by atoms with Crippen molar-refractivity contribution in [3.05, 3.63) is 34.4 Å². The lowest BCUT2D eigenvalue weighted by molar-refractivity contribution is 0.0507. The summed E-state index contributed by atoms with van der Waals surface area (Å²) in [5, 5.41) is 6.34. The predicted molar refractivity (Wildman–Crippen MR) is 95.9 cm³/mol. The van der Waals surface area contributed by atoms with Crippen LogP contribution in [0.4, 0.5) is 4.79 Å². The van der Waals surface area contributed by atoms with Gasteiger partial charge >= 0.3 is 6.09 Å². The average Bonchev–Trinajstić information content (AvgIpc) is 2.37. The van der Waals surface area contributed by atoms with E-state index in [2.05, 4.69) is 50.5 Å². The molecule has 0 fully saturated rings. The molecule has 0 heterocycles. The number of hydrogen-bond acceptors (Lipinski definition) is 3. The van der Waals surface area contributed by atoms with Gasteiger partial charge in [-0.15, -0.1) is 0 Å². The van der Waals surface area contributed by atoms with Gasteiger partial charge in [0.1, 0.15) is 5.60 Å². The summed E-state index contributed by atoms with van der Waals surface area (Å²) in [6, 6.07) is 4.70. The molecule has 4 nitrogen and oxygen atoms in total. The number of carbonyl (C=O) groups excluding carboxylic acids is 1. The van der Waals surface area contributed by atoms with Gasteiger partial charge in [-0.3, -0.25) is 0 Å². The van der Waals surface area contributed by atoms with E-state index < -0.39 is 5.60 Å². The van der Waals surface area contributed by atoms with Crippen molar-refractivity contribution in [3.63, 3.8) is 0 Å². The van der Waals surface area contributed by atoms with Gasteiger partial charge in [-0.2, -0.15) is 0 Å². The molecule has 1 aromatic rings. The maximum atomic E-state index is 11.8. The number of aryl methyl sites for hydroxylation is 3. The number of benzene rings is 1. The van der Waals surface area contributed by atoms with Crippen molar-refractivity contribution >= 4 is 6.09 Å². The number of rotatable bonds is 5. The molecule has 1 aromatic carbocycles. The molecule has 2 unspecified atom stereocenters. The van der Waals surface area contributed by atoms with E-state index in [0.717, 1.165) is 0 Å². The van der Waals surface area contributed by atoms with E-state index in [-0.39, 0.29) is 18.2 Å². The van der Waals surface area contributed by atoms with Gasteiger partial charge < -0.3 is 15.4 Å². The normalized spacial score (nSPS) is 14.3. The molecule has 2 atom stereocenters. The van der Waals surface area contributed by atoms with E-state index in [1.165, 1.54) is 22.3 Å². The Morgan fingerprint density at radius 3 is 2.22 bits per heavy atom. The van der Waals surface area contributed by atoms with Crippen LogP contribution in [0.2, 0.25) is 0 Å². The van der Waals surface area contributed by atoms with Crippen molar-refractivity contribution in [3.8, 4) is 0 Å². The summed E-state index contributed by atoms with van der Waals surface area (Å²) in [7, 11) is 0. The number of alkyl carbamates (subject to hydrolysis) is 1. The van der Waals surface area contributed by atoms with Gasteiger partial charge in [-0.05, 0) is 77.6 Å². The average molecular weight is 320 g/mol. The minimum atomic E-state index is -0.471. The van der Waals surface area contributed by atoms with Crippen LogP contribution in [0.1, 0.15) is 62.9 Å². The van der Waals surface area contributed by atoms with Gasteiger partial charge in [0.2, 0.25) is 0 Å². The maximum absolute atomic E-state index is 11.8. The van der Waals surface area contributed by atoms with Gasteiger partial charge in [-0.1, -0.05) is 12.1 Å². The van der Waals surface area contributed by atoms with E-state index in [0.29, 0.717) is 6.54 Å². The van der Waals surface area contributed by atoms with Gasteiger partial charge in [0, 0.05) is 18.6 Å². The van der Waals surface area contributed by atoms with Crippen molar-refractivity contribution in [2.75, 3.05) is 6.54 Å². The second-order valence-corrected chi connectivity index (χ2v) is 7.47. The number of nitrogens with one attached hydrogen (secondary N) is 2. The smallest absolute Gasteiger partial charge is 0.407 e. The summed E-state index contributed by atoms with van der Waals surface area (Å²) < 4.78 is 5.27. The zero-order valence-electron chi connectivity index (χ0n) is 15.8. The van der Waals surface area contributed by atoms with E-state index >= 15 is 0 Å². The minimum Gasteiger partial charge on any atom is -0.444 e. The summed E-state index contributed by atoms with van der Waals surface area (Å²) in [6.45, 7) is 16.8. The highest BCUT2D eigenvalue weighted by atomic mass is 16.6. The SMILES string of the molecule is Cc1cc(C)c(C(C)NCC(C)NC(=O)OC(C)(C)C)cc1C. The first-order valence-corrected chi connectivity index (χ1v) is 8.30. The molecule has 0 spiro atoms. The Balaban J connectivity index is 2.54. The predicted octanol–water partition coefficient (Wildman–Crippen LogP) is 4.18. The fourth-order valence-corrected chi connectivity index (χ4v) is 2.47. The van der Waals surface area contributed by atoms with Crippen molar-refractivity contribution in [1.29, 1.82) is 0 Å². The Labute approximate surface area is 141 Å². The first-order chi connectivity index (χ1) is 10.5. The van der Waals surface area contributed by atoms with Crippen LogP contribution < -0.4 is 10.6 Å². The summed E-state index contributed by atoms with van der Waals surface area (Å²) in [5.41, 5.74) is 4.75. The molecule has 0 aliphatic carbocycles. The maximum Gasteiger partial charge on any atom is 0.407 e. The molecule has 0 aliphatic rings. The molecule has 4 heteroatoms. The molecule has 23 heavy (non-hydrogen) atoms. The molecule has 130 valence electrons. The fraction of sp³-hybridized carbons (Fsp3) is 0.632. The van der Waals surface area contributed by atoms with Gasteiger partial charge in [0.05, 0.1) is 0 Å². The van der Waals surface area contributed by atoms with E-state index in [9.17, 15) is 4.79 Å². The van der Waals surface area contributed by atoms with Crippen LogP contribution in [0.5, 0.6) is 0 Å². The van der Waals surface area contributed by atoms with Crippen LogP contribution in [-0.4, -0.2) is 24.3 Å².